The summed E-state index contributed by atoms with van der Waals surface area (Å²) in [5, 5.41) is 12.8. The molecule has 2 atom stereocenters. The predicted molar refractivity (Wildman–Crippen MR) is 173 cm³/mol. The monoisotopic (exact) mass is 682 g/mol. The number of aliphatic hydroxyl groups excluding tert-OH is 1. The number of nitrogens with zero attached hydrogens (tertiary/aromatic N) is 4. The summed E-state index contributed by atoms with van der Waals surface area (Å²) in [6, 6.07) is 17.6. The molecule has 0 unspecified atom stereocenters. The molecule has 0 bridgehead atoms. The van der Waals surface area contributed by atoms with E-state index in [0.717, 1.165) is 12.1 Å². The highest BCUT2D eigenvalue weighted by molar-refractivity contribution is 6.01. The van der Waals surface area contributed by atoms with Crippen LogP contribution in [0.5, 0.6) is 5.75 Å². The van der Waals surface area contributed by atoms with E-state index >= 15 is 0 Å². The van der Waals surface area contributed by atoms with Gasteiger partial charge in [0.25, 0.3) is 5.91 Å². The number of aliphatic hydroxyl groups is 1. The van der Waals surface area contributed by atoms with Crippen molar-refractivity contribution in [2.45, 2.75) is 70.0 Å². The standard InChI is InChI=1S/C34H37F3N6O6/c1-32(2,3)49-28(45)17-18-33(31(46)42-39-21-22-9-13-24(14-10-22)34(35,36)37)29(26-7-4-5-8-27(26)41-43-38)48-30(40-33)23-11-15-25(16-12-23)47-20-6-19-44/h4-5,7-16,29,39,44H,6,17-21H2,1-3H3,(H,42,46)/t29-,33-/m0/s1. The molecule has 49 heavy (non-hydrogen) atoms. The SMILES string of the molecule is CC(C)(C)OC(=O)CC[C@]1(C(=O)NNCc2ccc(C(F)(F)F)cc2)N=C(c2ccc(OCCCO)cc2)O[C@H]1c1ccccc1N=[N+]=[N-]. The number of benzene rings is 3. The third-order valence-electron chi connectivity index (χ3n) is 7.31. The van der Waals surface area contributed by atoms with Gasteiger partial charge >= 0.3 is 12.1 Å². The van der Waals surface area contributed by atoms with Gasteiger partial charge in [0.05, 0.1) is 12.2 Å². The fourth-order valence-electron chi connectivity index (χ4n) is 5.03. The Morgan fingerprint density at radius 2 is 1.76 bits per heavy atom. The van der Waals surface area contributed by atoms with Crippen LogP contribution in [0.3, 0.4) is 0 Å². The van der Waals surface area contributed by atoms with Crippen molar-refractivity contribution in [2.24, 2.45) is 10.1 Å². The van der Waals surface area contributed by atoms with E-state index in [0.29, 0.717) is 35.5 Å². The Morgan fingerprint density at radius 1 is 1.06 bits per heavy atom. The number of aliphatic imine (C=N–C) groups is 1. The van der Waals surface area contributed by atoms with Crippen LogP contribution in [0.1, 0.15) is 68.4 Å². The number of halogens is 3. The van der Waals surface area contributed by atoms with Crippen molar-refractivity contribution in [3.8, 4) is 5.75 Å². The number of alkyl halides is 3. The zero-order valence-electron chi connectivity index (χ0n) is 27.2. The molecule has 4 rings (SSSR count). The minimum absolute atomic E-state index is 0.0198. The number of hydrazine groups is 1. The second-order valence-corrected chi connectivity index (χ2v) is 12.1. The summed E-state index contributed by atoms with van der Waals surface area (Å²) in [7, 11) is 0. The summed E-state index contributed by atoms with van der Waals surface area (Å²) in [6.45, 7) is 5.38. The molecular formula is C34H37F3N6O6. The van der Waals surface area contributed by atoms with Gasteiger partial charge in [-0.05, 0) is 74.7 Å². The molecule has 1 heterocycles. The molecule has 260 valence electrons. The van der Waals surface area contributed by atoms with Gasteiger partial charge in [-0.25, -0.2) is 10.4 Å². The summed E-state index contributed by atoms with van der Waals surface area (Å²) in [5.74, 6) is -0.720. The Labute approximate surface area is 280 Å². The summed E-state index contributed by atoms with van der Waals surface area (Å²) < 4.78 is 56.6. The van der Waals surface area contributed by atoms with E-state index in [4.69, 9.17) is 24.3 Å². The van der Waals surface area contributed by atoms with Gasteiger partial charge in [0.2, 0.25) is 5.90 Å². The van der Waals surface area contributed by atoms with Crippen LogP contribution in [0, 0.1) is 0 Å². The molecule has 12 nitrogen and oxygen atoms in total. The molecule has 0 fully saturated rings. The number of rotatable bonds is 14. The fourth-order valence-corrected chi connectivity index (χ4v) is 5.03. The van der Waals surface area contributed by atoms with E-state index in [2.05, 4.69) is 20.9 Å². The molecule has 3 N–H and O–H groups in total. The topological polar surface area (TPSA) is 167 Å². The van der Waals surface area contributed by atoms with Crippen molar-refractivity contribution in [3.63, 3.8) is 0 Å². The van der Waals surface area contributed by atoms with Gasteiger partial charge in [-0.3, -0.25) is 15.0 Å². The average Bonchev–Trinajstić information content (AvgIpc) is 3.44. The highest BCUT2D eigenvalue weighted by atomic mass is 19.4. The lowest BCUT2D eigenvalue weighted by atomic mass is 9.83. The van der Waals surface area contributed by atoms with E-state index in [9.17, 15) is 28.3 Å². The summed E-state index contributed by atoms with van der Waals surface area (Å²) in [5.41, 5.74) is 12.6. The number of ether oxygens (including phenoxy) is 3. The first-order valence-corrected chi connectivity index (χ1v) is 15.4. The van der Waals surface area contributed by atoms with Crippen molar-refractivity contribution in [2.75, 3.05) is 13.2 Å². The minimum atomic E-state index is -4.49. The third-order valence-corrected chi connectivity index (χ3v) is 7.31. The second-order valence-electron chi connectivity index (χ2n) is 12.1. The molecule has 15 heteroatoms. The van der Waals surface area contributed by atoms with Crippen LogP contribution in [0.2, 0.25) is 0 Å². The lowest BCUT2D eigenvalue weighted by Gasteiger charge is -2.31. The zero-order chi connectivity index (χ0) is 35.7. The maximum atomic E-state index is 14.3. The van der Waals surface area contributed by atoms with Crippen LogP contribution in [-0.4, -0.2) is 47.2 Å². The van der Waals surface area contributed by atoms with Gasteiger partial charge in [-0.1, -0.05) is 41.5 Å². The quantitative estimate of drug-likeness (QED) is 0.0430. The van der Waals surface area contributed by atoms with Gasteiger partial charge in [0, 0.05) is 47.7 Å². The molecule has 3 aromatic carbocycles. The summed E-state index contributed by atoms with van der Waals surface area (Å²) in [6.07, 6.45) is -5.68. The molecular weight excluding hydrogens is 645 g/mol. The Morgan fingerprint density at radius 3 is 2.39 bits per heavy atom. The molecule has 0 aromatic heterocycles. The lowest BCUT2D eigenvalue weighted by molar-refractivity contribution is -0.155. The second kappa shape index (κ2) is 15.9. The fraction of sp³-hybridized carbons (Fsp3) is 0.382. The number of hydrogen-bond donors (Lipinski definition) is 3. The third kappa shape index (κ3) is 9.72. The Kier molecular flexibility index (Phi) is 11.9. The Balaban J connectivity index is 1.71. The van der Waals surface area contributed by atoms with Crippen LogP contribution >= 0.6 is 0 Å². The maximum absolute atomic E-state index is 14.3. The number of hydrogen-bond acceptors (Lipinski definition) is 9. The van der Waals surface area contributed by atoms with Crippen molar-refractivity contribution >= 4 is 23.5 Å². The van der Waals surface area contributed by atoms with E-state index in [1.807, 2.05) is 0 Å². The summed E-state index contributed by atoms with van der Waals surface area (Å²) in [4.78, 5) is 34.9. The van der Waals surface area contributed by atoms with Crippen molar-refractivity contribution in [1.82, 2.24) is 10.9 Å². The lowest BCUT2D eigenvalue weighted by Crippen LogP contribution is -2.52. The smallest absolute Gasteiger partial charge is 0.416 e. The number of azide groups is 1. The van der Waals surface area contributed by atoms with Gasteiger partial charge in [0.1, 0.15) is 11.4 Å². The number of carbonyl (C=O) groups is 2. The molecule has 0 aliphatic carbocycles. The molecule has 0 radical (unpaired) electrons. The molecule has 3 aromatic rings. The van der Waals surface area contributed by atoms with Crippen molar-refractivity contribution in [3.05, 3.63) is 105 Å². The largest absolute Gasteiger partial charge is 0.494 e. The molecule has 1 aliphatic heterocycles. The first-order valence-electron chi connectivity index (χ1n) is 15.4. The average molecular weight is 683 g/mol. The zero-order valence-corrected chi connectivity index (χ0v) is 27.2. The van der Waals surface area contributed by atoms with Crippen molar-refractivity contribution < 1.29 is 42.1 Å². The van der Waals surface area contributed by atoms with E-state index < -0.39 is 40.9 Å². The highest BCUT2D eigenvalue weighted by Gasteiger charge is 2.54. The van der Waals surface area contributed by atoms with E-state index in [1.165, 1.54) is 12.1 Å². The normalized spacial score (nSPS) is 17.4. The molecule has 0 saturated heterocycles. The first-order chi connectivity index (χ1) is 23.3. The Hall–Kier alpha value is -5.11. The molecule has 1 amide bonds. The Bertz CT molecular complexity index is 1690. The van der Waals surface area contributed by atoms with Gasteiger partial charge < -0.3 is 19.3 Å². The molecule has 0 saturated carbocycles. The number of nitrogens with one attached hydrogen (secondary N) is 2. The van der Waals surface area contributed by atoms with Gasteiger partial charge in [-0.15, -0.1) is 0 Å². The summed E-state index contributed by atoms with van der Waals surface area (Å²) >= 11 is 0. The van der Waals surface area contributed by atoms with E-state index in [-0.39, 0.29) is 37.6 Å². The van der Waals surface area contributed by atoms with Crippen LogP contribution in [0.25, 0.3) is 10.4 Å². The van der Waals surface area contributed by atoms with Crippen LogP contribution in [0.4, 0.5) is 18.9 Å². The number of esters is 1. The van der Waals surface area contributed by atoms with Gasteiger partial charge in [0.15, 0.2) is 11.6 Å². The first kappa shape index (κ1) is 36.7. The maximum Gasteiger partial charge on any atom is 0.416 e. The minimum Gasteiger partial charge on any atom is -0.494 e. The predicted octanol–water partition coefficient (Wildman–Crippen LogP) is 6.61. The van der Waals surface area contributed by atoms with Crippen LogP contribution in [-0.2, 0) is 31.8 Å². The highest BCUT2D eigenvalue weighted by Crippen LogP contribution is 2.46. The van der Waals surface area contributed by atoms with E-state index in [1.54, 1.807) is 69.3 Å². The number of carbonyl (C=O) groups excluding carboxylic acids is 2. The van der Waals surface area contributed by atoms with Crippen LogP contribution in [0.15, 0.2) is 82.9 Å². The molecule has 0 spiro atoms. The van der Waals surface area contributed by atoms with Crippen molar-refractivity contribution in [1.29, 1.82) is 0 Å². The van der Waals surface area contributed by atoms with Gasteiger partial charge in [-0.2, -0.15) is 13.2 Å². The molecule has 1 aliphatic rings. The van der Waals surface area contributed by atoms with Crippen LogP contribution < -0.4 is 15.6 Å². The number of amides is 1.